The third-order valence-corrected chi connectivity index (χ3v) is 3.23. The molecule has 1 aromatic carbocycles. The predicted molar refractivity (Wildman–Crippen MR) is 88.8 cm³/mol. The van der Waals surface area contributed by atoms with E-state index in [2.05, 4.69) is 51.8 Å². The molecule has 0 aliphatic heterocycles. The summed E-state index contributed by atoms with van der Waals surface area (Å²) in [7, 11) is 0. The van der Waals surface area contributed by atoms with Gasteiger partial charge in [0.2, 0.25) is 5.95 Å². The highest BCUT2D eigenvalue weighted by atomic mass is 15.1. The fourth-order valence-corrected chi connectivity index (χ4v) is 2.09. The minimum atomic E-state index is 0.699. The number of hydrogen-bond donors (Lipinski definition) is 2. The molecule has 0 atom stereocenters. The zero-order valence-corrected chi connectivity index (χ0v) is 12.9. The first-order valence-electron chi connectivity index (χ1n) is 7.65. The van der Waals surface area contributed by atoms with Crippen LogP contribution in [0.2, 0.25) is 0 Å². The minimum absolute atomic E-state index is 0.699. The quantitative estimate of drug-likeness (QED) is 0.726. The molecule has 4 nitrogen and oxygen atoms in total. The lowest BCUT2D eigenvalue weighted by molar-refractivity contribution is 0.829. The molecular formula is C17H24N4. The van der Waals surface area contributed by atoms with Crippen LogP contribution in [0.3, 0.4) is 0 Å². The van der Waals surface area contributed by atoms with Gasteiger partial charge in [0.05, 0.1) is 0 Å². The molecule has 112 valence electrons. The van der Waals surface area contributed by atoms with Crippen molar-refractivity contribution in [1.82, 2.24) is 9.97 Å². The molecular weight excluding hydrogens is 260 g/mol. The fourth-order valence-electron chi connectivity index (χ4n) is 2.09. The van der Waals surface area contributed by atoms with Gasteiger partial charge >= 0.3 is 0 Å². The Bertz CT molecular complexity index is 540. The number of rotatable bonds is 8. The summed E-state index contributed by atoms with van der Waals surface area (Å²) in [5.41, 5.74) is 2.30. The summed E-state index contributed by atoms with van der Waals surface area (Å²) in [5, 5.41) is 6.65. The Kier molecular flexibility index (Phi) is 6.00. The van der Waals surface area contributed by atoms with Gasteiger partial charge in [0.25, 0.3) is 0 Å². The molecule has 0 aliphatic carbocycles. The predicted octanol–water partition coefficient (Wildman–Crippen LogP) is 3.65. The lowest BCUT2D eigenvalue weighted by Crippen LogP contribution is -2.11. The van der Waals surface area contributed by atoms with Crippen LogP contribution in [0.15, 0.2) is 36.4 Å². The first-order valence-corrected chi connectivity index (χ1v) is 7.65. The monoisotopic (exact) mass is 284 g/mol. The third-order valence-electron chi connectivity index (χ3n) is 3.23. The van der Waals surface area contributed by atoms with Crippen molar-refractivity contribution < 1.29 is 0 Å². The Morgan fingerprint density at radius 3 is 2.57 bits per heavy atom. The molecule has 0 saturated heterocycles. The van der Waals surface area contributed by atoms with E-state index in [0.29, 0.717) is 5.95 Å². The topological polar surface area (TPSA) is 49.8 Å². The number of benzene rings is 1. The summed E-state index contributed by atoms with van der Waals surface area (Å²) in [6.45, 7) is 5.97. The summed E-state index contributed by atoms with van der Waals surface area (Å²) in [6, 6.07) is 12.4. The summed E-state index contributed by atoms with van der Waals surface area (Å²) in [6.07, 6.45) is 3.30. The summed E-state index contributed by atoms with van der Waals surface area (Å²) >= 11 is 0. The molecule has 0 spiro atoms. The summed E-state index contributed by atoms with van der Waals surface area (Å²) in [4.78, 5) is 8.93. The molecule has 2 N–H and O–H groups in total. The second-order valence-corrected chi connectivity index (χ2v) is 5.16. The first kappa shape index (κ1) is 15.3. The average molecular weight is 284 g/mol. The Labute approximate surface area is 127 Å². The van der Waals surface area contributed by atoms with Gasteiger partial charge in [-0.15, -0.1) is 0 Å². The van der Waals surface area contributed by atoms with E-state index in [-0.39, 0.29) is 0 Å². The number of aryl methyl sites for hydroxylation is 1. The van der Waals surface area contributed by atoms with Crippen LogP contribution >= 0.6 is 0 Å². The van der Waals surface area contributed by atoms with Gasteiger partial charge in [-0.25, -0.2) is 4.98 Å². The molecule has 1 heterocycles. The zero-order valence-electron chi connectivity index (χ0n) is 12.9. The maximum absolute atomic E-state index is 4.50. The van der Waals surface area contributed by atoms with Crippen LogP contribution in [0.25, 0.3) is 0 Å². The van der Waals surface area contributed by atoms with Gasteiger partial charge in [0.1, 0.15) is 5.82 Å². The van der Waals surface area contributed by atoms with Gasteiger partial charge in [0.15, 0.2) is 0 Å². The molecule has 0 saturated carbocycles. The Morgan fingerprint density at radius 1 is 1.00 bits per heavy atom. The van der Waals surface area contributed by atoms with Gasteiger partial charge in [-0.1, -0.05) is 43.7 Å². The number of nitrogens with one attached hydrogen (secondary N) is 2. The fraction of sp³-hybridized carbons (Fsp3) is 0.412. The Morgan fingerprint density at radius 2 is 1.81 bits per heavy atom. The molecule has 21 heavy (non-hydrogen) atoms. The molecule has 0 amide bonds. The van der Waals surface area contributed by atoms with Crippen molar-refractivity contribution in [2.75, 3.05) is 23.7 Å². The smallest absolute Gasteiger partial charge is 0.224 e. The first-order chi connectivity index (χ1) is 10.3. The lowest BCUT2D eigenvalue weighted by atomic mass is 10.1. The maximum atomic E-state index is 4.50. The van der Waals surface area contributed by atoms with Gasteiger partial charge in [-0.2, -0.15) is 4.98 Å². The van der Waals surface area contributed by atoms with Gasteiger partial charge in [-0.3, -0.25) is 0 Å². The van der Waals surface area contributed by atoms with Crippen LogP contribution < -0.4 is 10.6 Å². The van der Waals surface area contributed by atoms with Crippen molar-refractivity contribution >= 4 is 11.8 Å². The number of anilines is 2. The second-order valence-electron chi connectivity index (χ2n) is 5.16. The normalized spacial score (nSPS) is 10.4. The van der Waals surface area contributed by atoms with Gasteiger partial charge in [-0.05, 0) is 25.3 Å². The van der Waals surface area contributed by atoms with E-state index in [0.717, 1.165) is 37.4 Å². The largest absolute Gasteiger partial charge is 0.370 e. The maximum Gasteiger partial charge on any atom is 0.224 e. The molecule has 0 bridgehead atoms. The van der Waals surface area contributed by atoms with Crippen molar-refractivity contribution in [3.05, 3.63) is 47.7 Å². The molecule has 2 aromatic rings. The molecule has 0 aliphatic rings. The summed E-state index contributed by atoms with van der Waals surface area (Å²) in [5.74, 6) is 1.60. The Balaban J connectivity index is 1.87. The van der Waals surface area contributed by atoms with E-state index in [1.165, 1.54) is 12.0 Å². The highest BCUT2D eigenvalue weighted by molar-refractivity contribution is 5.42. The van der Waals surface area contributed by atoms with Crippen molar-refractivity contribution in [2.45, 2.75) is 33.1 Å². The van der Waals surface area contributed by atoms with Crippen molar-refractivity contribution in [2.24, 2.45) is 0 Å². The van der Waals surface area contributed by atoms with E-state index < -0.39 is 0 Å². The standard InChI is InChI=1S/C17H24N4/c1-3-4-11-18-16-13-14(2)20-17(21-16)19-12-10-15-8-6-5-7-9-15/h5-9,13H,3-4,10-12H2,1-2H3,(H2,18,19,20,21). The van der Waals surface area contributed by atoms with Crippen molar-refractivity contribution in [1.29, 1.82) is 0 Å². The third kappa shape index (κ3) is 5.42. The number of unbranched alkanes of at least 4 members (excludes halogenated alkanes) is 1. The van der Waals surface area contributed by atoms with E-state index in [1.54, 1.807) is 0 Å². The van der Waals surface area contributed by atoms with Crippen LogP contribution in [0.1, 0.15) is 31.0 Å². The molecule has 0 radical (unpaired) electrons. The van der Waals surface area contributed by atoms with Crippen molar-refractivity contribution in [3.63, 3.8) is 0 Å². The number of nitrogens with zero attached hydrogens (tertiary/aromatic N) is 2. The molecule has 0 unspecified atom stereocenters. The zero-order chi connectivity index (χ0) is 14.9. The second kappa shape index (κ2) is 8.25. The van der Waals surface area contributed by atoms with E-state index in [9.17, 15) is 0 Å². The molecule has 0 fully saturated rings. The molecule has 4 heteroatoms. The van der Waals surface area contributed by atoms with E-state index in [4.69, 9.17) is 0 Å². The minimum Gasteiger partial charge on any atom is -0.370 e. The van der Waals surface area contributed by atoms with Crippen LogP contribution in [-0.4, -0.2) is 23.1 Å². The average Bonchev–Trinajstić information content (AvgIpc) is 2.48. The number of aromatic nitrogens is 2. The van der Waals surface area contributed by atoms with E-state index >= 15 is 0 Å². The Hall–Kier alpha value is -2.10. The number of hydrogen-bond acceptors (Lipinski definition) is 4. The van der Waals surface area contributed by atoms with Crippen LogP contribution in [0.4, 0.5) is 11.8 Å². The van der Waals surface area contributed by atoms with Crippen LogP contribution in [0.5, 0.6) is 0 Å². The van der Waals surface area contributed by atoms with Crippen LogP contribution in [0, 0.1) is 6.92 Å². The molecule has 2 rings (SSSR count). The summed E-state index contributed by atoms with van der Waals surface area (Å²) < 4.78 is 0. The highest BCUT2D eigenvalue weighted by Gasteiger charge is 2.01. The van der Waals surface area contributed by atoms with Crippen LogP contribution in [-0.2, 0) is 6.42 Å². The lowest BCUT2D eigenvalue weighted by Gasteiger charge is -2.09. The molecule has 1 aromatic heterocycles. The highest BCUT2D eigenvalue weighted by Crippen LogP contribution is 2.10. The SMILES string of the molecule is CCCCNc1cc(C)nc(NCCc2ccccc2)n1. The van der Waals surface area contributed by atoms with Crippen molar-refractivity contribution in [3.8, 4) is 0 Å². The van der Waals surface area contributed by atoms with Gasteiger partial charge in [0, 0.05) is 24.8 Å². The van der Waals surface area contributed by atoms with Gasteiger partial charge < -0.3 is 10.6 Å². The van der Waals surface area contributed by atoms with E-state index in [1.807, 2.05) is 19.1 Å².